The van der Waals surface area contributed by atoms with Crippen molar-refractivity contribution in [3.8, 4) is 0 Å². The third-order valence-corrected chi connectivity index (χ3v) is 6.20. The first-order chi connectivity index (χ1) is 9.25. The second-order valence-corrected chi connectivity index (χ2v) is 7.75. The normalized spacial score (nSPS) is 36.6. The van der Waals surface area contributed by atoms with E-state index in [2.05, 4.69) is 34.0 Å². The molecule has 2 heterocycles. The summed E-state index contributed by atoms with van der Waals surface area (Å²) in [7, 11) is 0. The Balaban J connectivity index is 1.53. The molecule has 0 amide bonds. The Kier molecular flexibility index (Phi) is 2.98. The first-order valence-corrected chi connectivity index (χ1v) is 8.69. The second kappa shape index (κ2) is 4.57. The van der Waals surface area contributed by atoms with Gasteiger partial charge in [-0.3, -0.25) is 4.90 Å². The fourth-order valence-electron chi connectivity index (χ4n) is 3.73. The summed E-state index contributed by atoms with van der Waals surface area (Å²) in [5.41, 5.74) is 1.90. The van der Waals surface area contributed by atoms with Crippen LogP contribution in [0.5, 0.6) is 0 Å². The van der Waals surface area contributed by atoms with Gasteiger partial charge >= 0.3 is 0 Å². The van der Waals surface area contributed by atoms with Gasteiger partial charge in [-0.25, -0.2) is 0 Å². The summed E-state index contributed by atoms with van der Waals surface area (Å²) in [5.74, 6) is 1.90. The monoisotopic (exact) mass is 276 g/mol. The fraction of sp³-hybridized carbons (Fsp3) is 0.750. The van der Waals surface area contributed by atoms with Crippen molar-refractivity contribution in [3.63, 3.8) is 0 Å². The van der Waals surface area contributed by atoms with Crippen LogP contribution in [0.15, 0.2) is 16.8 Å². The molecule has 2 unspecified atom stereocenters. The summed E-state index contributed by atoms with van der Waals surface area (Å²) in [6, 6.07) is 3.05. The molecule has 2 nitrogen and oxygen atoms in total. The van der Waals surface area contributed by atoms with Crippen LogP contribution in [0.4, 0.5) is 0 Å². The number of rotatable bonds is 4. The van der Waals surface area contributed by atoms with Crippen LogP contribution in [0, 0.1) is 11.8 Å². The zero-order chi connectivity index (χ0) is 12.9. The molecule has 0 radical (unpaired) electrons. The fourth-order valence-corrected chi connectivity index (χ4v) is 4.39. The van der Waals surface area contributed by atoms with Crippen molar-refractivity contribution in [1.82, 2.24) is 10.2 Å². The highest BCUT2D eigenvalue weighted by molar-refractivity contribution is 7.07. The highest BCUT2D eigenvalue weighted by Crippen LogP contribution is 2.46. The molecule has 2 saturated carbocycles. The molecule has 3 heteroatoms. The van der Waals surface area contributed by atoms with E-state index in [-0.39, 0.29) is 0 Å². The van der Waals surface area contributed by atoms with Gasteiger partial charge in [-0.05, 0) is 66.8 Å². The van der Waals surface area contributed by atoms with Crippen LogP contribution in [-0.2, 0) is 6.54 Å². The lowest BCUT2D eigenvalue weighted by atomic mass is 9.88. The van der Waals surface area contributed by atoms with E-state index in [0.717, 1.165) is 24.4 Å². The van der Waals surface area contributed by atoms with Crippen molar-refractivity contribution in [2.45, 2.75) is 50.7 Å². The maximum absolute atomic E-state index is 3.86. The van der Waals surface area contributed by atoms with Gasteiger partial charge in [0, 0.05) is 31.2 Å². The molecule has 1 saturated heterocycles. The molecule has 1 aromatic rings. The summed E-state index contributed by atoms with van der Waals surface area (Å²) in [4.78, 5) is 2.80. The molecule has 1 aliphatic heterocycles. The number of hydrogen-bond donors (Lipinski definition) is 1. The average Bonchev–Trinajstić information content (AvgIpc) is 3.31. The zero-order valence-corrected chi connectivity index (χ0v) is 12.6. The molecule has 1 N–H and O–H groups in total. The topological polar surface area (TPSA) is 15.3 Å². The minimum Gasteiger partial charge on any atom is -0.311 e. The van der Waals surface area contributed by atoms with E-state index in [1.165, 1.54) is 44.3 Å². The first-order valence-electron chi connectivity index (χ1n) is 7.75. The Labute approximate surface area is 120 Å². The molecule has 104 valence electrons. The number of nitrogens with zero attached hydrogens (tertiary/aromatic N) is 1. The van der Waals surface area contributed by atoms with Crippen LogP contribution in [0.25, 0.3) is 0 Å². The highest BCUT2D eigenvalue weighted by Gasteiger charge is 2.49. The lowest BCUT2D eigenvalue weighted by Gasteiger charge is -2.49. The first kappa shape index (κ1) is 12.4. The standard InChI is InChI=1S/C16H24N2S/c1-16(14-4-5-14)11-17-15(13-2-3-13)9-18(16)8-12-6-7-19-10-12/h6-7,10,13-15,17H,2-5,8-9,11H2,1H3. The third kappa shape index (κ3) is 2.37. The maximum atomic E-state index is 3.86. The largest absolute Gasteiger partial charge is 0.311 e. The molecule has 1 aromatic heterocycles. The van der Waals surface area contributed by atoms with Gasteiger partial charge in [0.05, 0.1) is 0 Å². The van der Waals surface area contributed by atoms with Gasteiger partial charge in [-0.2, -0.15) is 11.3 Å². The SMILES string of the molecule is CC1(C2CC2)CNC(C2CC2)CN1Cc1ccsc1. The minimum absolute atomic E-state index is 0.396. The summed E-state index contributed by atoms with van der Waals surface area (Å²) in [5, 5.41) is 8.40. The van der Waals surface area contributed by atoms with Gasteiger partial charge in [0.1, 0.15) is 0 Å². The predicted octanol–water partition coefficient (Wildman–Crippen LogP) is 3.10. The Bertz CT molecular complexity index is 436. The van der Waals surface area contributed by atoms with Crippen LogP contribution < -0.4 is 5.32 Å². The maximum Gasteiger partial charge on any atom is 0.0338 e. The van der Waals surface area contributed by atoms with Gasteiger partial charge in [-0.1, -0.05) is 0 Å². The summed E-state index contributed by atoms with van der Waals surface area (Å²) in [6.07, 6.45) is 5.77. The van der Waals surface area contributed by atoms with Crippen molar-refractivity contribution in [2.24, 2.45) is 11.8 Å². The number of hydrogen-bond acceptors (Lipinski definition) is 3. The molecular weight excluding hydrogens is 252 g/mol. The van der Waals surface area contributed by atoms with Crippen LogP contribution >= 0.6 is 11.3 Å². The molecule has 0 bridgehead atoms. The lowest BCUT2D eigenvalue weighted by Crippen LogP contribution is -2.64. The van der Waals surface area contributed by atoms with Gasteiger partial charge in [0.15, 0.2) is 0 Å². The quantitative estimate of drug-likeness (QED) is 0.909. The summed E-state index contributed by atoms with van der Waals surface area (Å²) >= 11 is 1.83. The number of thiophene rings is 1. The van der Waals surface area contributed by atoms with E-state index < -0.39 is 0 Å². The van der Waals surface area contributed by atoms with Crippen molar-refractivity contribution in [1.29, 1.82) is 0 Å². The van der Waals surface area contributed by atoms with Gasteiger partial charge in [0.2, 0.25) is 0 Å². The molecule has 19 heavy (non-hydrogen) atoms. The molecule has 3 fully saturated rings. The van der Waals surface area contributed by atoms with E-state index in [9.17, 15) is 0 Å². The van der Waals surface area contributed by atoms with Crippen molar-refractivity contribution in [3.05, 3.63) is 22.4 Å². The van der Waals surface area contributed by atoms with Crippen molar-refractivity contribution < 1.29 is 0 Å². The smallest absolute Gasteiger partial charge is 0.0338 e. The molecule has 3 aliphatic rings. The Morgan fingerprint density at radius 2 is 2.21 bits per heavy atom. The summed E-state index contributed by atoms with van der Waals surface area (Å²) in [6.45, 7) is 6.10. The zero-order valence-electron chi connectivity index (χ0n) is 11.8. The Hall–Kier alpha value is -0.380. The van der Waals surface area contributed by atoms with E-state index in [1.807, 2.05) is 11.3 Å². The second-order valence-electron chi connectivity index (χ2n) is 6.97. The van der Waals surface area contributed by atoms with Crippen LogP contribution in [0.3, 0.4) is 0 Å². The molecule has 0 aromatic carbocycles. The van der Waals surface area contributed by atoms with Crippen molar-refractivity contribution in [2.75, 3.05) is 13.1 Å². The van der Waals surface area contributed by atoms with Crippen LogP contribution in [0.1, 0.15) is 38.2 Å². The molecule has 2 aliphatic carbocycles. The van der Waals surface area contributed by atoms with Crippen molar-refractivity contribution >= 4 is 11.3 Å². The predicted molar refractivity (Wildman–Crippen MR) is 80.4 cm³/mol. The molecule has 4 rings (SSSR count). The Morgan fingerprint density at radius 1 is 1.37 bits per heavy atom. The average molecular weight is 276 g/mol. The van der Waals surface area contributed by atoms with Gasteiger partial charge < -0.3 is 5.32 Å². The molecule has 0 spiro atoms. The van der Waals surface area contributed by atoms with Gasteiger partial charge in [-0.15, -0.1) is 0 Å². The third-order valence-electron chi connectivity index (χ3n) is 5.46. The van der Waals surface area contributed by atoms with Crippen LogP contribution in [-0.4, -0.2) is 29.6 Å². The number of nitrogens with one attached hydrogen (secondary N) is 1. The van der Waals surface area contributed by atoms with E-state index in [1.54, 1.807) is 0 Å². The number of piperazine rings is 1. The minimum atomic E-state index is 0.396. The molecular formula is C16H24N2S. The Morgan fingerprint density at radius 3 is 2.84 bits per heavy atom. The summed E-state index contributed by atoms with van der Waals surface area (Å²) < 4.78 is 0. The van der Waals surface area contributed by atoms with E-state index >= 15 is 0 Å². The molecule has 2 atom stereocenters. The van der Waals surface area contributed by atoms with E-state index in [4.69, 9.17) is 0 Å². The highest BCUT2D eigenvalue weighted by atomic mass is 32.1. The van der Waals surface area contributed by atoms with Crippen LogP contribution in [0.2, 0.25) is 0 Å². The van der Waals surface area contributed by atoms with Gasteiger partial charge in [0.25, 0.3) is 0 Å². The van der Waals surface area contributed by atoms with E-state index in [0.29, 0.717) is 5.54 Å². The lowest BCUT2D eigenvalue weighted by molar-refractivity contribution is 0.0235.